The highest BCUT2D eigenvalue weighted by molar-refractivity contribution is 8.14. The van der Waals surface area contributed by atoms with Gasteiger partial charge in [0, 0.05) is 37.9 Å². The van der Waals surface area contributed by atoms with E-state index >= 15 is 0 Å². The first-order valence-corrected chi connectivity index (χ1v) is 12.4. The zero-order chi connectivity index (χ0) is 22.1. The summed E-state index contributed by atoms with van der Waals surface area (Å²) in [4.78, 5) is 30.4. The summed E-state index contributed by atoms with van der Waals surface area (Å²) in [7, 11) is 0. The zero-order valence-electron chi connectivity index (χ0n) is 18.1. The molecule has 2 amide bonds. The number of carbonyl (C=O) groups excluding carboxylic acids is 2. The van der Waals surface area contributed by atoms with Crippen molar-refractivity contribution in [2.45, 2.75) is 38.3 Å². The number of nitrogens with zero attached hydrogens (tertiary/aromatic N) is 3. The second-order valence-corrected chi connectivity index (χ2v) is 9.82. The van der Waals surface area contributed by atoms with Gasteiger partial charge in [-0.1, -0.05) is 36.0 Å². The number of carbonyl (C=O) groups is 2. The van der Waals surface area contributed by atoms with Crippen LogP contribution in [0.5, 0.6) is 0 Å². The number of amides is 2. The summed E-state index contributed by atoms with van der Waals surface area (Å²) >= 11 is 1.09. The Bertz CT molecular complexity index is 989. The molecule has 168 valence electrons. The fourth-order valence-corrected chi connectivity index (χ4v) is 5.76. The van der Waals surface area contributed by atoms with E-state index in [1.54, 1.807) is 0 Å². The minimum Gasteiger partial charge on any atom is -0.368 e. The maximum atomic E-state index is 13.1. The molecule has 2 aromatic rings. The van der Waals surface area contributed by atoms with E-state index in [-0.39, 0.29) is 22.7 Å². The van der Waals surface area contributed by atoms with Gasteiger partial charge in [-0.3, -0.25) is 14.5 Å². The van der Waals surface area contributed by atoms with Gasteiger partial charge in [-0.15, -0.1) is 0 Å². The zero-order valence-corrected chi connectivity index (χ0v) is 19.0. The van der Waals surface area contributed by atoms with Gasteiger partial charge >= 0.3 is 0 Å². The molecule has 0 aromatic heterocycles. The molecule has 0 saturated carbocycles. The van der Waals surface area contributed by atoms with Crippen molar-refractivity contribution in [1.29, 1.82) is 0 Å². The Morgan fingerprint density at radius 2 is 1.72 bits per heavy atom. The van der Waals surface area contributed by atoms with Gasteiger partial charge in [-0.05, 0) is 60.6 Å². The predicted molar refractivity (Wildman–Crippen MR) is 125 cm³/mol. The van der Waals surface area contributed by atoms with Crippen LogP contribution in [-0.4, -0.2) is 58.9 Å². The summed E-state index contributed by atoms with van der Waals surface area (Å²) in [6, 6.07) is 13.8. The SMILES string of the molecule is O=C1CSC(=O)N1Cc1ccc2c(c1)N(C1CCN(CCc3ccc(F)cc3)CC1)CC2. The Labute approximate surface area is 192 Å². The lowest BCUT2D eigenvalue weighted by molar-refractivity contribution is -0.125. The van der Waals surface area contributed by atoms with E-state index in [2.05, 4.69) is 28.0 Å². The second kappa shape index (κ2) is 9.24. The third-order valence-corrected chi connectivity index (χ3v) is 7.75. The average molecular weight is 454 g/mol. The first-order valence-electron chi connectivity index (χ1n) is 11.4. The smallest absolute Gasteiger partial charge is 0.289 e. The number of hydrogen-bond donors (Lipinski definition) is 0. The molecule has 2 saturated heterocycles. The summed E-state index contributed by atoms with van der Waals surface area (Å²) in [6.45, 7) is 4.57. The Morgan fingerprint density at radius 1 is 0.969 bits per heavy atom. The number of hydrogen-bond acceptors (Lipinski definition) is 5. The molecule has 0 unspecified atom stereocenters. The van der Waals surface area contributed by atoms with Crippen LogP contribution in [0.2, 0.25) is 0 Å². The average Bonchev–Trinajstić information content (AvgIpc) is 3.37. The third-order valence-electron chi connectivity index (χ3n) is 6.89. The van der Waals surface area contributed by atoms with Crippen LogP contribution in [-0.2, 0) is 24.2 Å². The molecule has 3 aliphatic heterocycles. The van der Waals surface area contributed by atoms with Crippen LogP contribution < -0.4 is 4.90 Å². The minimum atomic E-state index is -0.180. The first kappa shape index (κ1) is 21.5. The lowest BCUT2D eigenvalue weighted by atomic mass is 10.0. The predicted octanol–water partition coefficient (Wildman–Crippen LogP) is 4.09. The van der Waals surface area contributed by atoms with E-state index in [4.69, 9.17) is 0 Å². The van der Waals surface area contributed by atoms with Crippen LogP contribution in [0, 0.1) is 5.82 Å². The highest BCUT2D eigenvalue weighted by atomic mass is 32.2. The maximum absolute atomic E-state index is 13.1. The van der Waals surface area contributed by atoms with Gasteiger partial charge < -0.3 is 9.80 Å². The Balaban J connectivity index is 1.18. The van der Waals surface area contributed by atoms with Gasteiger partial charge in [0.15, 0.2) is 0 Å². The van der Waals surface area contributed by atoms with Crippen molar-refractivity contribution < 1.29 is 14.0 Å². The molecule has 0 bridgehead atoms. The van der Waals surface area contributed by atoms with Crippen molar-refractivity contribution in [3.8, 4) is 0 Å². The van der Waals surface area contributed by atoms with Gasteiger partial charge in [0.1, 0.15) is 5.82 Å². The molecule has 0 radical (unpaired) electrons. The van der Waals surface area contributed by atoms with E-state index in [0.29, 0.717) is 12.6 Å². The van der Waals surface area contributed by atoms with Gasteiger partial charge in [-0.25, -0.2) is 4.39 Å². The van der Waals surface area contributed by atoms with Crippen LogP contribution in [0.4, 0.5) is 14.9 Å². The molecule has 32 heavy (non-hydrogen) atoms. The quantitative estimate of drug-likeness (QED) is 0.659. The topological polar surface area (TPSA) is 43.9 Å². The molecule has 5 nitrogen and oxygen atoms in total. The Morgan fingerprint density at radius 3 is 2.44 bits per heavy atom. The van der Waals surface area contributed by atoms with Crippen molar-refractivity contribution in [2.75, 3.05) is 36.8 Å². The number of fused-ring (bicyclic) bond motifs is 1. The molecule has 3 heterocycles. The second-order valence-electron chi connectivity index (χ2n) is 8.89. The number of likely N-dealkylation sites (tertiary alicyclic amines) is 1. The van der Waals surface area contributed by atoms with Crippen molar-refractivity contribution in [3.63, 3.8) is 0 Å². The molecular weight excluding hydrogens is 425 g/mol. The van der Waals surface area contributed by atoms with Crippen LogP contribution in [0.25, 0.3) is 0 Å². The largest absolute Gasteiger partial charge is 0.368 e. The van der Waals surface area contributed by atoms with Crippen LogP contribution in [0.3, 0.4) is 0 Å². The Hall–Kier alpha value is -2.38. The number of anilines is 1. The third kappa shape index (κ3) is 4.55. The molecule has 0 atom stereocenters. The molecule has 0 spiro atoms. The number of halogens is 1. The van der Waals surface area contributed by atoms with Crippen LogP contribution in [0.1, 0.15) is 29.5 Å². The Kier molecular flexibility index (Phi) is 6.20. The summed E-state index contributed by atoms with van der Waals surface area (Å²) < 4.78 is 13.1. The highest BCUT2D eigenvalue weighted by Gasteiger charge is 2.32. The summed E-state index contributed by atoms with van der Waals surface area (Å²) in [5, 5.41) is -0.139. The number of thioether (sulfide) groups is 1. The van der Waals surface area contributed by atoms with Crippen molar-refractivity contribution >= 4 is 28.6 Å². The molecule has 0 N–H and O–H groups in total. The fourth-order valence-electron chi connectivity index (χ4n) is 5.04. The lowest BCUT2D eigenvalue weighted by Crippen LogP contribution is -2.45. The fraction of sp³-hybridized carbons (Fsp3) is 0.440. The van der Waals surface area contributed by atoms with Crippen molar-refractivity contribution in [1.82, 2.24) is 9.80 Å². The van der Waals surface area contributed by atoms with Gasteiger partial charge in [0.2, 0.25) is 5.91 Å². The molecule has 0 aliphatic carbocycles. The molecule has 2 fully saturated rings. The molecule has 7 heteroatoms. The van der Waals surface area contributed by atoms with Gasteiger partial charge in [-0.2, -0.15) is 0 Å². The summed E-state index contributed by atoms with van der Waals surface area (Å²) in [6.07, 6.45) is 4.27. The highest BCUT2D eigenvalue weighted by Crippen LogP contribution is 2.34. The summed E-state index contributed by atoms with van der Waals surface area (Å²) in [5.74, 6) is -0.0122. The van der Waals surface area contributed by atoms with E-state index in [0.717, 1.165) is 69.2 Å². The molecule has 2 aromatic carbocycles. The number of piperidine rings is 1. The van der Waals surface area contributed by atoms with Gasteiger partial charge in [0.05, 0.1) is 12.3 Å². The maximum Gasteiger partial charge on any atom is 0.289 e. The number of rotatable bonds is 6. The lowest BCUT2D eigenvalue weighted by Gasteiger charge is -2.38. The van der Waals surface area contributed by atoms with E-state index in [1.165, 1.54) is 33.8 Å². The molecule has 5 rings (SSSR count). The van der Waals surface area contributed by atoms with Crippen molar-refractivity contribution in [3.05, 3.63) is 65.0 Å². The van der Waals surface area contributed by atoms with Gasteiger partial charge in [0.25, 0.3) is 5.24 Å². The normalized spacial score (nSPS) is 19.8. The van der Waals surface area contributed by atoms with E-state index in [1.807, 2.05) is 12.1 Å². The standard InChI is InChI=1S/C25H28FN3O2S/c26-21-5-2-18(3-6-21)7-11-27-12-9-22(10-13-27)28-14-8-20-4-1-19(15-23(20)28)16-29-24(30)17-32-25(29)31/h1-6,15,22H,7-14,16-17H2. The van der Waals surface area contributed by atoms with E-state index < -0.39 is 0 Å². The molecular formula is C25H28FN3O2S. The minimum absolute atomic E-state index is 0.0923. The van der Waals surface area contributed by atoms with Crippen LogP contribution >= 0.6 is 11.8 Å². The van der Waals surface area contributed by atoms with E-state index in [9.17, 15) is 14.0 Å². The molecule has 3 aliphatic rings. The number of imide groups is 1. The first-order chi connectivity index (χ1) is 15.6. The summed E-state index contributed by atoms with van der Waals surface area (Å²) in [5.41, 5.74) is 4.85. The van der Waals surface area contributed by atoms with Crippen LogP contribution in [0.15, 0.2) is 42.5 Å². The number of benzene rings is 2. The van der Waals surface area contributed by atoms with Crippen molar-refractivity contribution in [2.24, 2.45) is 0 Å². The monoisotopic (exact) mass is 453 g/mol.